The first-order valence-corrected chi connectivity index (χ1v) is 7.39. The zero-order valence-corrected chi connectivity index (χ0v) is 13.8. The summed E-state index contributed by atoms with van der Waals surface area (Å²) in [5.41, 5.74) is 0.780. The van der Waals surface area contributed by atoms with E-state index in [1.165, 1.54) is 0 Å². The summed E-state index contributed by atoms with van der Waals surface area (Å²) in [7, 11) is 1.90. The van der Waals surface area contributed by atoms with Crippen LogP contribution in [0, 0.1) is 0 Å². The largest absolute Gasteiger partial charge is 0.461 e. The minimum atomic E-state index is 0. The number of halogens is 1. The zero-order chi connectivity index (χ0) is 15.4. The SMILES string of the molecule is CN(CC(=O)N1CCNCC1)Cc1cc(-c2ccco2)on1.Cl. The third kappa shape index (κ3) is 4.57. The molecule has 1 N–H and O–H groups in total. The van der Waals surface area contributed by atoms with Crippen LogP contribution in [-0.2, 0) is 11.3 Å². The average Bonchev–Trinajstić information content (AvgIpc) is 3.19. The normalized spacial score (nSPS) is 14.8. The van der Waals surface area contributed by atoms with Crippen LogP contribution in [0.2, 0.25) is 0 Å². The highest BCUT2D eigenvalue weighted by molar-refractivity contribution is 5.85. The number of hydrogen-bond donors (Lipinski definition) is 1. The maximum atomic E-state index is 12.2. The molecule has 0 spiro atoms. The molecule has 0 aromatic carbocycles. The minimum absolute atomic E-state index is 0. The van der Waals surface area contributed by atoms with Gasteiger partial charge in [-0.2, -0.15) is 0 Å². The van der Waals surface area contributed by atoms with E-state index in [4.69, 9.17) is 8.94 Å². The highest BCUT2D eigenvalue weighted by Gasteiger charge is 2.18. The molecule has 2 aromatic rings. The second-order valence-corrected chi connectivity index (χ2v) is 5.46. The number of carbonyl (C=O) groups is 1. The summed E-state index contributed by atoms with van der Waals surface area (Å²) < 4.78 is 10.5. The molecule has 3 heterocycles. The molecule has 3 rings (SSSR count). The van der Waals surface area contributed by atoms with E-state index in [-0.39, 0.29) is 18.3 Å². The summed E-state index contributed by atoms with van der Waals surface area (Å²) >= 11 is 0. The van der Waals surface area contributed by atoms with Gasteiger partial charge in [0.15, 0.2) is 5.76 Å². The van der Waals surface area contributed by atoms with Crippen molar-refractivity contribution in [3.8, 4) is 11.5 Å². The Kier molecular flexibility index (Phi) is 6.20. The van der Waals surface area contributed by atoms with E-state index < -0.39 is 0 Å². The quantitative estimate of drug-likeness (QED) is 0.882. The van der Waals surface area contributed by atoms with Crippen LogP contribution in [0.1, 0.15) is 5.69 Å². The molecule has 126 valence electrons. The molecule has 1 aliphatic rings. The molecule has 1 aliphatic heterocycles. The van der Waals surface area contributed by atoms with Crippen molar-refractivity contribution < 1.29 is 13.7 Å². The van der Waals surface area contributed by atoms with Crippen LogP contribution >= 0.6 is 12.4 Å². The monoisotopic (exact) mass is 340 g/mol. The Hall–Kier alpha value is -1.83. The van der Waals surface area contributed by atoms with Crippen molar-refractivity contribution in [2.24, 2.45) is 0 Å². The van der Waals surface area contributed by atoms with Crippen molar-refractivity contribution in [2.45, 2.75) is 6.54 Å². The molecule has 2 aromatic heterocycles. The first-order chi connectivity index (χ1) is 10.7. The smallest absolute Gasteiger partial charge is 0.236 e. The molecule has 7 nitrogen and oxygen atoms in total. The Morgan fingerprint density at radius 3 is 2.87 bits per heavy atom. The lowest BCUT2D eigenvalue weighted by Gasteiger charge is -2.29. The van der Waals surface area contributed by atoms with Gasteiger partial charge in [-0.3, -0.25) is 9.69 Å². The van der Waals surface area contributed by atoms with Crippen molar-refractivity contribution in [2.75, 3.05) is 39.8 Å². The third-order valence-electron chi connectivity index (χ3n) is 3.63. The predicted octanol–water partition coefficient (Wildman–Crippen LogP) is 1.22. The molecule has 23 heavy (non-hydrogen) atoms. The van der Waals surface area contributed by atoms with Crippen molar-refractivity contribution in [3.63, 3.8) is 0 Å². The van der Waals surface area contributed by atoms with Crippen LogP contribution in [0.5, 0.6) is 0 Å². The van der Waals surface area contributed by atoms with Gasteiger partial charge in [-0.25, -0.2) is 0 Å². The standard InChI is InChI=1S/C15H20N4O3.ClH/c1-18(11-15(20)19-6-4-16-5-7-19)10-12-9-14(22-17-12)13-3-2-8-21-13;/h2-3,8-9,16H,4-7,10-11H2,1H3;1H. The van der Waals surface area contributed by atoms with E-state index in [0.717, 1.165) is 31.9 Å². The molecule has 8 heteroatoms. The second-order valence-electron chi connectivity index (χ2n) is 5.46. The number of furan rings is 1. The maximum absolute atomic E-state index is 12.2. The molecule has 1 fully saturated rings. The maximum Gasteiger partial charge on any atom is 0.236 e. The number of nitrogens with one attached hydrogen (secondary N) is 1. The summed E-state index contributed by atoms with van der Waals surface area (Å²) in [6.07, 6.45) is 1.59. The van der Waals surface area contributed by atoms with Crippen LogP contribution in [0.25, 0.3) is 11.5 Å². The van der Waals surface area contributed by atoms with E-state index in [2.05, 4.69) is 10.5 Å². The molecule has 0 unspecified atom stereocenters. The molecule has 0 atom stereocenters. The van der Waals surface area contributed by atoms with Crippen molar-refractivity contribution >= 4 is 18.3 Å². The summed E-state index contributed by atoms with van der Waals surface area (Å²) in [6, 6.07) is 5.46. The molecule has 1 saturated heterocycles. The van der Waals surface area contributed by atoms with E-state index in [9.17, 15) is 4.79 Å². The Morgan fingerprint density at radius 2 is 2.17 bits per heavy atom. The van der Waals surface area contributed by atoms with E-state index in [1.54, 1.807) is 12.3 Å². The Balaban J connectivity index is 0.00000192. The Bertz CT molecular complexity index is 608. The summed E-state index contributed by atoms with van der Waals surface area (Å²) in [5, 5.41) is 7.26. The lowest BCUT2D eigenvalue weighted by molar-refractivity contribution is -0.132. The fourth-order valence-corrected chi connectivity index (χ4v) is 2.50. The van der Waals surface area contributed by atoms with Crippen molar-refractivity contribution in [3.05, 3.63) is 30.2 Å². The van der Waals surface area contributed by atoms with Gasteiger partial charge in [0.2, 0.25) is 11.7 Å². The van der Waals surface area contributed by atoms with Crippen molar-refractivity contribution in [1.82, 2.24) is 20.3 Å². The summed E-state index contributed by atoms with van der Waals surface area (Å²) in [5.74, 6) is 1.40. The molecule has 0 saturated carbocycles. The van der Waals surface area contributed by atoms with Gasteiger partial charge >= 0.3 is 0 Å². The van der Waals surface area contributed by atoms with Gasteiger partial charge in [-0.05, 0) is 19.2 Å². The topological polar surface area (TPSA) is 74.8 Å². The molecule has 0 aliphatic carbocycles. The molecule has 1 amide bonds. The number of nitrogens with zero attached hydrogens (tertiary/aromatic N) is 3. The molecule has 0 radical (unpaired) electrons. The third-order valence-corrected chi connectivity index (χ3v) is 3.63. The lowest BCUT2D eigenvalue weighted by atomic mass is 10.3. The van der Waals surface area contributed by atoms with Gasteiger partial charge in [0.25, 0.3) is 0 Å². The number of aromatic nitrogens is 1. The number of likely N-dealkylation sites (N-methyl/N-ethyl adjacent to an activating group) is 1. The van der Waals surface area contributed by atoms with Gasteiger partial charge < -0.3 is 19.2 Å². The van der Waals surface area contributed by atoms with Crippen LogP contribution < -0.4 is 5.32 Å². The number of amides is 1. The molecular weight excluding hydrogens is 320 g/mol. The molecule has 0 bridgehead atoms. The summed E-state index contributed by atoms with van der Waals surface area (Å²) in [4.78, 5) is 16.0. The zero-order valence-electron chi connectivity index (χ0n) is 13.0. The fraction of sp³-hybridized carbons (Fsp3) is 0.467. The van der Waals surface area contributed by atoms with Gasteiger partial charge in [0, 0.05) is 38.8 Å². The van der Waals surface area contributed by atoms with Gasteiger partial charge in [-0.15, -0.1) is 12.4 Å². The van der Waals surface area contributed by atoms with E-state index >= 15 is 0 Å². The van der Waals surface area contributed by atoms with E-state index in [0.29, 0.717) is 24.6 Å². The second kappa shape index (κ2) is 8.14. The Morgan fingerprint density at radius 1 is 1.39 bits per heavy atom. The van der Waals surface area contributed by atoms with Crippen molar-refractivity contribution in [1.29, 1.82) is 0 Å². The Labute approximate surface area is 141 Å². The van der Waals surface area contributed by atoms with Gasteiger partial charge in [0.1, 0.15) is 0 Å². The number of rotatable bonds is 5. The van der Waals surface area contributed by atoms with Crippen LogP contribution in [0.15, 0.2) is 33.4 Å². The molecular formula is C15H21ClN4O3. The highest BCUT2D eigenvalue weighted by Crippen LogP contribution is 2.20. The van der Waals surface area contributed by atoms with Crippen LogP contribution in [-0.4, -0.2) is 60.6 Å². The number of carbonyl (C=O) groups excluding carboxylic acids is 1. The van der Waals surface area contributed by atoms with Crippen LogP contribution in [0.3, 0.4) is 0 Å². The number of piperazine rings is 1. The van der Waals surface area contributed by atoms with Gasteiger partial charge in [0.05, 0.1) is 18.5 Å². The van der Waals surface area contributed by atoms with E-state index in [1.807, 2.05) is 29.0 Å². The van der Waals surface area contributed by atoms with Gasteiger partial charge in [-0.1, -0.05) is 5.16 Å². The first kappa shape index (κ1) is 17.5. The first-order valence-electron chi connectivity index (χ1n) is 7.39. The highest BCUT2D eigenvalue weighted by atomic mass is 35.5. The number of hydrogen-bond acceptors (Lipinski definition) is 6. The fourth-order valence-electron chi connectivity index (χ4n) is 2.50. The van der Waals surface area contributed by atoms with Crippen LogP contribution in [0.4, 0.5) is 0 Å². The predicted molar refractivity (Wildman–Crippen MR) is 87.2 cm³/mol. The lowest BCUT2D eigenvalue weighted by Crippen LogP contribution is -2.49. The average molecular weight is 341 g/mol. The minimum Gasteiger partial charge on any atom is -0.461 e. The summed E-state index contributed by atoms with van der Waals surface area (Å²) in [6.45, 7) is 4.22.